The zero-order valence-electron chi connectivity index (χ0n) is 11.4. The topological polar surface area (TPSA) is 6.48 Å². The first-order chi connectivity index (χ1) is 9.33. The minimum Gasteiger partial charge on any atom is -0.364 e. The maximum absolute atomic E-state index is 5.94. The van der Waals surface area contributed by atoms with E-state index in [4.69, 9.17) is 11.6 Å². The second-order valence-corrected chi connectivity index (χ2v) is 6.08. The van der Waals surface area contributed by atoms with Gasteiger partial charge in [0.05, 0.1) is 6.54 Å². The first-order valence-corrected chi connectivity index (χ1v) is 7.80. The van der Waals surface area contributed by atoms with Crippen LogP contribution in [0.3, 0.4) is 0 Å². The van der Waals surface area contributed by atoms with Gasteiger partial charge >= 0.3 is 0 Å². The van der Waals surface area contributed by atoms with Gasteiger partial charge in [-0.3, -0.25) is 4.90 Å². The van der Waals surface area contributed by atoms with Crippen molar-refractivity contribution in [2.75, 3.05) is 24.5 Å². The molecule has 19 heavy (non-hydrogen) atoms. The fourth-order valence-corrected chi connectivity index (χ4v) is 3.39. The van der Waals surface area contributed by atoms with Gasteiger partial charge in [-0.05, 0) is 37.1 Å². The molecule has 0 aromatic heterocycles. The highest BCUT2D eigenvalue weighted by Gasteiger charge is 2.25. The summed E-state index contributed by atoms with van der Waals surface area (Å²) in [5.41, 5.74) is 1.26. The van der Waals surface area contributed by atoms with Crippen LogP contribution >= 0.6 is 11.6 Å². The summed E-state index contributed by atoms with van der Waals surface area (Å²) in [5.74, 6) is 0. The summed E-state index contributed by atoms with van der Waals surface area (Å²) >= 11 is 5.94. The number of hydrogen-bond acceptors (Lipinski definition) is 2. The molecule has 3 rings (SSSR count). The first-order valence-electron chi connectivity index (χ1n) is 7.42. The second-order valence-electron chi connectivity index (χ2n) is 5.64. The summed E-state index contributed by atoms with van der Waals surface area (Å²) in [6, 6.07) is 8.98. The van der Waals surface area contributed by atoms with E-state index in [-0.39, 0.29) is 0 Å². The second kappa shape index (κ2) is 6.15. The molecule has 1 aromatic rings. The first kappa shape index (κ1) is 13.3. The van der Waals surface area contributed by atoms with Crippen molar-refractivity contribution in [1.29, 1.82) is 0 Å². The van der Waals surface area contributed by atoms with E-state index in [9.17, 15) is 0 Å². The third-order valence-corrected chi connectivity index (χ3v) is 4.67. The molecule has 1 aliphatic carbocycles. The molecule has 3 heteroatoms. The van der Waals surface area contributed by atoms with E-state index in [0.29, 0.717) is 0 Å². The fourth-order valence-electron chi connectivity index (χ4n) is 3.27. The summed E-state index contributed by atoms with van der Waals surface area (Å²) in [4.78, 5) is 5.02. The van der Waals surface area contributed by atoms with Crippen molar-refractivity contribution in [2.24, 2.45) is 0 Å². The molecule has 1 saturated heterocycles. The molecule has 1 heterocycles. The third-order valence-electron chi connectivity index (χ3n) is 4.41. The van der Waals surface area contributed by atoms with Gasteiger partial charge in [0.25, 0.3) is 0 Å². The standard InChI is InChI=1S/C16H22ClN2/c17-14-6-8-16(9-7-14)19-12-10-18(11-13-19)15-4-2-1-3-5-15/h6-9,12,15H,1-5,10-11,13H2. The van der Waals surface area contributed by atoms with Gasteiger partial charge < -0.3 is 4.90 Å². The third kappa shape index (κ3) is 3.24. The van der Waals surface area contributed by atoms with Gasteiger partial charge in [-0.1, -0.05) is 30.9 Å². The number of rotatable bonds is 2. The minimum atomic E-state index is 0.810. The van der Waals surface area contributed by atoms with Crippen molar-refractivity contribution in [2.45, 2.75) is 38.1 Å². The zero-order chi connectivity index (χ0) is 13.1. The average molecular weight is 278 g/mol. The Morgan fingerprint density at radius 1 is 0.947 bits per heavy atom. The molecule has 2 aliphatic rings. The lowest BCUT2D eigenvalue weighted by molar-refractivity contribution is 0.158. The maximum Gasteiger partial charge on any atom is 0.0633 e. The quantitative estimate of drug-likeness (QED) is 0.807. The van der Waals surface area contributed by atoms with E-state index in [1.165, 1.54) is 44.3 Å². The number of benzene rings is 1. The number of piperazine rings is 1. The predicted octanol–water partition coefficient (Wildman–Crippen LogP) is 3.96. The van der Waals surface area contributed by atoms with E-state index >= 15 is 0 Å². The molecule has 1 aliphatic heterocycles. The van der Waals surface area contributed by atoms with Gasteiger partial charge in [-0.15, -0.1) is 0 Å². The summed E-state index contributed by atoms with van der Waals surface area (Å²) in [5, 5.41) is 0.810. The van der Waals surface area contributed by atoms with E-state index in [1.807, 2.05) is 12.1 Å². The number of nitrogens with zero attached hydrogens (tertiary/aromatic N) is 2. The van der Waals surface area contributed by atoms with E-state index < -0.39 is 0 Å². The lowest BCUT2D eigenvalue weighted by Crippen LogP contribution is -2.48. The van der Waals surface area contributed by atoms with E-state index in [2.05, 4.69) is 28.5 Å². The van der Waals surface area contributed by atoms with Crippen molar-refractivity contribution >= 4 is 17.3 Å². The Balaban J connectivity index is 1.55. The van der Waals surface area contributed by atoms with Crippen molar-refractivity contribution in [3.63, 3.8) is 0 Å². The van der Waals surface area contributed by atoms with Crippen LogP contribution in [0.4, 0.5) is 5.69 Å². The Morgan fingerprint density at radius 2 is 1.68 bits per heavy atom. The molecule has 2 nitrogen and oxygen atoms in total. The Hall–Kier alpha value is -0.730. The Labute approximate surface area is 121 Å². The van der Waals surface area contributed by atoms with Gasteiger partial charge in [0.1, 0.15) is 0 Å². The summed E-state index contributed by atoms with van der Waals surface area (Å²) in [6.07, 6.45) is 7.07. The van der Waals surface area contributed by atoms with Gasteiger partial charge in [0.15, 0.2) is 0 Å². The zero-order valence-corrected chi connectivity index (χ0v) is 12.1. The largest absolute Gasteiger partial charge is 0.364 e. The maximum atomic E-state index is 5.94. The minimum absolute atomic E-state index is 0.810. The summed E-state index contributed by atoms with van der Waals surface area (Å²) in [6.45, 7) is 5.70. The number of hydrogen-bond donors (Lipinski definition) is 0. The lowest BCUT2D eigenvalue weighted by atomic mass is 9.94. The van der Waals surface area contributed by atoms with Crippen LogP contribution in [0.1, 0.15) is 32.1 Å². The van der Waals surface area contributed by atoms with Crippen LogP contribution in [0, 0.1) is 6.54 Å². The SMILES string of the molecule is Clc1ccc(N2[CH]CN(C3CCCCC3)CC2)cc1. The fraction of sp³-hybridized carbons (Fsp3) is 0.562. The molecule has 1 aromatic carbocycles. The highest BCUT2D eigenvalue weighted by atomic mass is 35.5. The molecule has 0 bridgehead atoms. The molecular weight excluding hydrogens is 256 g/mol. The Bertz CT molecular complexity index is 390. The van der Waals surface area contributed by atoms with Gasteiger partial charge in [-0.2, -0.15) is 0 Å². The monoisotopic (exact) mass is 277 g/mol. The van der Waals surface area contributed by atoms with Crippen LogP contribution in [0.5, 0.6) is 0 Å². The van der Waals surface area contributed by atoms with Crippen LogP contribution in [-0.2, 0) is 0 Å². The van der Waals surface area contributed by atoms with Crippen molar-refractivity contribution in [1.82, 2.24) is 4.90 Å². The molecule has 0 amide bonds. The highest BCUT2D eigenvalue weighted by Crippen LogP contribution is 2.26. The number of anilines is 1. The smallest absolute Gasteiger partial charge is 0.0633 e. The predicted molar refractivity (Wildman–Crippen MR) is 81.5 cm³/mol. The van der Waals surface area contributed by atoms with Crippen LogP contribution in [0.2, 0.25) is 5.02 Å². The molecule has 1 saturated carbocycles. The molecule has 103 valence electrons. The normalized spacial score (nSPS) is 22.7. The van der Waals surface area contributed by atoms with Crippen molar-refractivity contribution < 1.29 is 0 Å². The van der Waals surface area contributed by atoms with Crippen LogP contribution in [0.25, 0.3) is 0 Å². The van der Waals surface area contributed by atoms with Gasteiger partial charge in [0, 0.05) is 36.4 Å². The molecule has 0 atom stereocenters. The summed E-state index contributed by atoms with van der Waals surface area (Å²) in [7, 11) is 0. The lowest BCUT2D eigenvalue weighted by Gasteiger charge is -2.41. The average Bonchev–Trinajstić information content (AvgIpc) is 2.49. The summed E-state index contributed by atoms with van der Waals surface area (Å²) < 4.78 is 0. The number of halogens is 1. The van der Waals surface area contributed by atoms with Crippen molar-refractivity contribution in [3.8, 4) is 0 Å². The van der Waals surface area contributed by atoms with Crippen LogP contribution < -0.4 is 4.90 Å². The molecule has 0 N–H and O–H groups in total. The molecule has 0 spiro atoms. The molecular formula is C16H22ClN2. The van der Waals surface area contributed by atoms with Crippen molar-refractivity contribution in [3.05, 3.63) is 35.8 Å². The Kier molecular flexibility index (Phi) is 4.29. The van der Waals surface area contributed by atoms with Gasteiger partial charge in [-0.25, -0.2) is 0 Å². The van der Waals surface area contributed by atoms with Crippen LogP contribution in [0.15, 0.2) is 24.3 Å². The molecule has 2 fully saturated rings. The Morgan fingerprint density at radius 3 is 2.32 bits per heavy atom. The highest BCUT2D eigenvalue weighted by molar-refractivity contribution is 6.30. The van der Waals surface area contributed by atoms with Gasteiger partial charge in [0.2, 0.25) is 0 Å². The molecule has 1 radical (unpaired) electrons. The van der Waals surface area contributed by atoms with E-state index in [1.54, 1.807) is 0 Å². The molecule has 0 unspecified atom stereocenters. The van der Waals surface area contributed by atoms with Crippen LogP contribution in [-0.4, -0.2) is 30.6 Å². The van der Waals surface area contributed by atoms with E-state index in [0.717, 1.165) is 24.2 Å².